The predicted octanol–water partition coefficient (Wildman–Crippen LogP) is 4.76. The number of carbonyl (C=O) groups excluding carboxylic acids is 2. The fraction of sp³-hybridized carbons (Fsp3) is 0.160. The van der Waals surface area contributed by atoms with E-state index in [1.54, 1.807) is 48.5 Å². The molecular formula is C25H23N3O6. The van der Waals surface area contributed by atoms with E-state index in [0.717, 1.165) is 12.8 Å². The van der Waals surface area contributed by atoms with Crippen molar-refractivity contribution in [3.05, 3.63) is 99.6 Å². The minimum atomic E-state index is -0.541. The van der Waals surface area contributed by atoms with E-state index in [4.69, 9.17) is 9.47 Å². The molecule has 3 rings (SSSR count). The quantitative estimate of drug-likeness (QED) is 0.116. The van der Waals surface area contributed by atoms with E-state index in [1.165, 1.54) is 30.5 Å². The molecule has 0 aliphatic heterocycles. The van der Waals surface area contributed by atoms with Crippen molar-refractivity contribution in [2.75, 3.05) is 6.61 Å². The van der Waals surface area contributed by atoms with E-state index in [0.29, 0.717) is 29.2 Å². The number of benzene rings is 3. The van der Waals surface area contributed by atoms with Gasteiger partial charge in [0.2, 0.25) is 0 Å². The largest absolute Gasteiger partial charge is 0.494 e. The molecule has 3 aromatic carbocycles. The highest BCUT2D eigenvalue weighted by Crippen LogP contribution is 2.17. The topological polar surface area (TPSA) is 120 Å². The van der Waals surface area contributed by atoms with E-state index in [-0.39, 0.29) is 11.3 Å². The van der Waals surface area contributed by atoms with Crippen molar-refractivity contribution >= 4 is 23.8 Å². The van der Waals surface area contributed by atoms with Gasteiger partial charge in [-0.3, -0.25) is 14.9 Å². The van der Waals surface area contributed by atoms with Crippen LogP contribution in [0.15, 0.2) is 77.9 Å². The Morgan fingerprint density at radius 2 is 1.56 bits per heavy atom. The van der Waals surface area contributed by atoms with Crippen LogP contribution in [0.25, 0.3) is 0 Å². The third-order valence-electron chi connectivity index (χ3n) is 4.67. The lowest BCUT2D eigenvalue weighted by atomic mass is 10.2. The third kappa shape index (κ3) is 6.99. The first kappa shape index (κ1) is 24.1. The number of amides is 1. The average Bonchev–Trinajstić information content (AvgIpc) is 2.85. The Morgan fingerprint density at radius 3 is 2.18 bits per heavy atom. The number of nitrogens with one attached hydrogen (secondary N) is 1. The SMILES string of the molecule is CCCCOc1ccc(C(=O)Oc2ccc(/C=N\NC(=O)c3ccc([N+](=O)[O-])cc3)cc2)cc1. The Hall–Kier alpha value is -4.53. The molecule has 0 aliphatic carbocycles. The third-order valence-corrected chi connectivity index (χ3v) is 4.67. The number of unbranched alkanes of at least 4 members (excludes halogenated alkanes) is 1. The molecule has 174 valence electrons. The molecule has 0 saturated heterocycles. The van der Waals surface area contributed by atoms with Gasteiger partial charge in [-0.2, -0.15) is 5.10 Å². The summed E-state index contributed by atoms with van der Waals surface area (Å²) in [5, 5.41) is 14.5. The van der Waals surface area contributed by atoms with Crippen LogP contribution in [0.1, 0.15) is 46.0 Å². The Bertz CT molecular complexity index is 1160. The van der Waals surface area contributed by atoms with Gasteiger partial charge in [0.25, 0.3) is 11.6 Å². The van der Waals surface area contributed by atoms with Crippen molar-refractivity contribution in [2.24, 2.45) is 5.10 Å². The number of nitro groups is 1. The zero-order valence-corrected chi connectivity index (χ0v) is 18.5. The van der Waals surface area contributed by atoms with Crippen molar-refractivity contribution in [1.82, 2.24) is 5.43 Å². The minimum Gasteiger partial charge on any atom is -0.494 e. The Morgan fingerprint density at radius 1 is 0.941 bits per heavy atom. The van der Waals surface area contributed by atoms with Gasteiger partial charge in [0, 0.05) is 17.7 Å². The highest BCUT2D eigenvalue weighted by Gasteiger charge is 2.10. The van der Waals surface area contributed by atoms with E-state index in [2.05, 4.69) is 17.5 Å². The number of hydrogen-bond acceptors (Lipinski definition) is 7. The zero-order valence-electron chi connectivity index (χ0n) is 18.5. The molecule has 0 heterocycles. The number of carbonyl (C=O) groups is 2. The van der Waals surface area contributed by atoms with Gasteiger partial charge in [-0.05, 0) is 72.6 Å². The van der Waals surface area contributed by atoms with Crippen molar-refractivity contribution < 1.29 is 24.0 Å². The van der Waals surface area contributed by atoms with Crippen LogP contribution in [0.2, 0.25) is 0 Å². The van der Waals surface area contributed by atoms with Gasteiger partial charge < -0.3 is 9.47 Å². The molecule has 9 heteroatoms. The van der Waals surface area contributed by atoms with Gasteiger partial charge in [-0.1, -0.05) is 13.3 Å². The van der Waals surface area contributed by atoms with Gasteiger partial charge >= 0.3 is 5.97 Å². The molecule has 0 bridgehead atoms. The van der Waals surface area contributed by atoms with Crippen LogP contribution in [0.5, 0.6) is 11.5 Å². The number of rotatable bonds is 10. The van der Waals surface area contributed by atoms with Gasteiger partial charge in [-0.25, -0.2) is 10.2 Å². The molecule has 0 atom stereocenters. The number of non-ortho nitro benzene ring substituents is 1. The van der Waals surface area contributed by atoms with E-state index in [9.17, 15) is 19.7 Å². The fourth-order valence-corrected chi connectivity index (χ4v) is 2.77. The molecular weight excluding hydrogens is 438 g/mol. The number of ether oxygens (including phenoxy) is 2. The summed E-state index contributed by atoms with van der Waals surface area (Å²) in [5.41, 5.74) is 3.56. The summed E-state index contributed by atoms with van der Waals surface area (Å²) in [6, 6.07) is 18.5. The summed E-state index contributed by atoms with van der Waals surface area (Å²) >= 11 is 0. The molecule has 0 fully saturated rings. The maximum Gasteiger partial charge on any atom is 0.343 e. The van der Waals surface area contributed by atoms with Crippen molar-refractivity contribution in [3.8, 4) is 11.5 Å². The van der Waals surface area contributed by atoms with Crippen molar-refractivity contribution in [3.63, 3.8) is 0 Å². The number of nitrogens with zero attached hydrogens (tertiary/aromatic N) is 2. The molecule has 1 amide bonds. The van der Waals surface area contributed by atoms with Crippen molar-refractivity contribution in [2.45, 2.75) is 19.8 Å². The maximum atomic E-state index is 12.3. The van der Waals surface area contributed by atoms with Gasteiger partial charge in [-0.15, -0.1) is 0 Å². The second-order valence-corrected chi connectivity index (χ2v) is 7.19. The number of hydrazone groups is 1. The first-order valence-corrected chi connectivity index (χ1v) is 10.6. The van der Waals surface area contributed by atoms with Gasteiger partial charge in [0.05, 0.1) is 23.3 Å². The lowest BCUT2D eigenvalue weighted by Crippen LogP contribution is -2.17. The van der Waals surface area contributed by atoms with Crippen LogP contribution in [0.3, 0.4) is 0 Å². The molecule has 0 radical (unpaired) electrons. The highest BCUT2D eigenvalue weighted by atomic mass is 16.6. The summed E-state index contributed by atoms with van der Waals surface area (Å²) in [4.78, 5) is 34.5. The van der Waals surface area contributed by atoms with E-state index in [1.807, 2.05) is 0 Å². The minimum absolute atomic E-state index is 0.103. The van der Waals surface area contributed by atoms with Crippen molar-refractivity contribution in [1.29, 1.82) is 0 Å². The van der Waals surface area contributed by atoms with Crippen LogP contribution in [0.4, 0.5) is 5.69 Å². The lowest BCUT2D eigenvalue weighted by molar-refractivity contribution is -0.384. The van der Waals surface area contributed by atoms with E-state index < -0.39 is 16.8 Å². The molecule has 0 aromatic heterocycles. The molecule has 3 aromatic rings. The normalized spacial score (nSPS) is 10.6. The summed E-state index contributed by atoms with van der Waals surface area (Å²) in [6.07, 6.45) is 3.44. The van der Waals surface area contributed by atoms with Crippen LogP contribution in [-0.2, 0) is 0 Å². The molecule has 1 N–H and O–H groups in total. The molecule has 34 heavy (non-hydrogen) atoms. The number of hydrogen-bond donors (Lipinski definition) is 1. The molecule has 9 nitrogen and oxygen atoms in total. The Labute approximate surface area is 196 Å². The predicted molar refractivity (Wildman–Crippen MR) is 126 cm³/mol. The Balaban J connectivity index is 1.50. The van der Waals surface area contributed by atoms with Gasteiger partial charge in [0.15, 0.2) is 0 Å². The zero-order chi connectivity index (χ0) is 24.3. The average molecular weight is 461 g/mol. The summed E-state index contributed by atoms with van der Waals surface area (Å²) in [5.74, 6) is 0.0741. The maximum absolute atomic E-state index is 12.3. The van der Waals surface area contributed by atoms with Crippen LogP contribution in [-0.4, -0.2) is 29.6 Å². The van der Waals surface area contributed by atoms with E-state index >= 15 is 0 Å². The monoisotopic (exact) mass is 461 g/mol. The first-order chi connectivity index (χ1) is 16.5. The van der Waals surface area contributed by atoms with Crippen LogP contribution >= 0.6 is 0 Å². The molecule has 0 unspecified atom stereocenters. The summed E-state index contributed by atoms with van der Waals surface area (Å²) in [7, 11) is 0. The van der Waals surface area contributed by atoms with Gasteiger partial charge in [0.1, 0.15) is 11.5 Å². The second-order valence-electron chi connectivity index (χ2n) is 7.19. The highest BCUT2D eigenvalue weighted by molar-refractivity contribution is 5.95. The molecule has 0 spiro atoms. The number of esters is 1. The Kier molecular flexibility index (Phi) is 8.45. The number of nitro benzene ring substituents is 1. The summed E-state index contributed by atoms with van der Waals surface area (Å²) < 4.78 is 11.0. The summed E-state index contributed by atoms with van der Waals surface area (Å²) in [6.45, 7) is 2.72. The standard InChI is InChI=1S/C25H23N3O6/c1-2-3-16-33-22-14-8-20(9-15-22)25(30)34-23-12-4-18(5-13-23)17-26-27-24(29)19-6-10-21(11-7-19)28(31)32/h4-15,17H,2-3,16H2,1H3,(H,27,29)/b26-17-. The fourth-order valence-electron chi connectivity index (χ4n) is 2.77. The molecule has 0 aliphatic rings. The van der Waals surface area contributed by atoms with Crippen LogP contribution < -0.4 is 14.9 Å². The molecule has 0 saturated carbocycles. The van der Waals surface area contributed by atoms with Crippen LogP contribution in [0, 0.1) is 10.1 Å². The lowest BCUT2D eigenvalue weighted by Gasteiger charge is -2.07. The second kappa shape index (κ2) is 11.9. The first-order valence-electron chi connectivity index (χ1n) is 10.6. The smallest absolute Gasteiger partial charge is 0.343 e.